The van der Waals surface area contributed by atoms with Gasteiger partial charge in [-0.3, -0.25) is 0 Å². The predicted octanol–water partition coefficient (Wildman–Crippen LogP) is 6.80. The summed E-state index contributed by atoms with van der Waals surface area (Å²) in [6, 6.07) is 16.2. The number of hydrogen-bond acceptors (Lipinski definition) is 4. The molecule has 2 atom stereocenters. The van der Waals surface area contributed by atoms with Crippen LogP contribution in [-0.4, -0.2) is 46.5 Å². The van der Waals surface area contributed by atoms with Gasteiger partial charge in [-0.1, -0.05) is 30.3 Å². The Hall–Kier alpha value is -3.85. The molecule has 0 amide bonds. The maximum atomic E-state index is 15.1. The average Bonchev–Trinajstić information content (AvgIpc) is 3.63. The quantitative estimate of drug-likeness (QED) is 0.147. The molecular weight excluding hydrogens is 524 g/mol. The molecule has 5 rings (SSSR count). The number of methoxy groups -OCH3 is 1. The van der Waals surface area contributed by atoms with Gasteiger partial charge in [0.1, 0.15) is 23.6 Å². The molecule has 41 heavy (non-hydrogen) atoms. The van der Waals surface area contributed by atoms with Crippen molar-refractivity contribution in [2.75, 3.05) is 20.3 Å². The molecule has 0 spiro atoms. The minimum Gasteiger partial charge on any atom is -0.393 e. The predicted molar refractivity (Wildman–Crippen MR) is 156 cm³/mol. The monoisotopic (exact) mass is 559 g/mol. The molecule has 5 aromatic rings. The number of H-pyrrole nitrogens is 2. The molecule has 0 aliphatic rings. The van der Waals surface area contributed by atoms with E-state index < -0.39 is 11.9 Å². The summed E-state index contributed by atoms with van der Waals surface area (Å²) in [6.45, 7) is 4.45. The smallest absolute Gasteiger partial charge is 0.140 e. The van der Waals surface area contributed by atoms with Gasteiger partial charge in [0, 0.05) is 30.6 Å². The topological polar surface area (TPSA) is 83.2 Å². The summed E-state index contributed by atoms with van der Waals surface area (Å²) in [4.78, 5) is 10.8. The zero-order valence-corrected chi connectivity index (χ0v) is 23.5. The van der Waals surface area contributed by atoms with Crippen LogP contribution in [0.1, 0.15) is 53.0 Å². The number of hydrogen-bond donors (Lipinski definition) is 3. The molecule has 6 nitrogen and oxygen atoms in total. The van der Waals surface area contributed by atoms with E-state index >= 15 is 4.39 Å². The van der Waals surface area contributed by atoms with Crippen LogP contribution in [0.2, 0.25) is 0 Å². The van der Waals surface area contributed by atoms with Crippen molar-refractivity contribution in [1.82, 2.24) is 15.0 Å². The second-order valence-corrected chi connectivity index (χ2v) is 10.5. The number of imidazole rings is 1. The SMILES string of the molecule is COCCOC(c1cccc(CCC(C)O)c1)c1cnc(-c2cc(Cc3c(F)cc4[nH]ccc4c3C)ccc2F)[nH]1. The van der Waals surface area contributed by atoms with Crippen molar-refractivity contribution in [3.05, 3.63) is 112 Å². The van der Waals surface area contributed by atoms with Gasteiger partial charge in [0.25, 0.3) is 0 Å². The van der Waals surface area contributed by atoms with Gasteiger partial charge in [-0.05, 0) is 78.8 Å². The molecule has 2 aromatic heterocycles. The summed E-state index contributed by atoms with van der Waals surface area (Å²) >= 11 is 0. The Kier molecular flexibility index (Phi) is 8.93. The molecular formula is C33H35F2N3O3. The molecule has 2 heterocycles. The van der Waals surface area contributed by atoms with E-state index in [-0.39, 0.29) is 11.9 Å². The van der Waals surface area contributed by atoms with Gasteiger partial charge < -0.3 is 24.5 Å². The summed E-state index contributed by atoms with van der Waals surface area (Å²) in [5.41, 5.74) is 5.94. The molecule has 0 saturated carbocycles. The first-order valence-electron chi connectivity index (χ1n) is 13.8. The van der Waals surface area contributed by atoms with E-state index in [1.54, 1.807) is 38.6 Å². The summed E-state index contributed by atoms with van der Waals surface area (Å²) < 4.78 is 41.5. The largest absolute Gasteiger partial charge is 0.393 e. The first kappa shape index (κ1) is 28.7. The molecule has 3 N–H and O–H groups in total. The number of aromatic nitrogens is 3. The second-order valence-electron chi connectivity index (χ2n) is 10.5. The van der Waals surface area contributed by atoms with E-state index in [0.29, 0.717) is 48.7 Å². The normalized spacial score (nSPS) is 13.1. The standard InChI is InChI=1S/C33H35F2N3O3/c1-20(39)7-8-22-5-4-6-24(15-22)32(41-14-13-40-3)31-19-37-33(38-31)27-17-23(9-10-28(27)34)16-26-21(2)25-11-12-36-30(25)18-29(26)35/h4-6,9-12,15,17-20,32,36,39H,7-8,13-14,16H2,1-3H3,(H,37,38). The summed E-state index contributed by atoms with van der Waals surface area (Å²) in [7, 11) is 1.61. The van der Waals surface area contributed by atoms with Gasteiger partial charge in [-0.15, -0.1) is 0 Å². The average molecular weight is 560 g/mol. The maximum Gasteiger partial charge on any atom is 0.140 e. The number of aliphatic hydroxyl groups is 1. The van der Waals surface area contributed by atoms with E-state index in [1.807, 2.05) is 31.2 Å². The van der Waals surface area contributed by atoms with Crippen molar-refractivity contribution in [3.8, 4) is 11.4 Å². The number of nitrogens with zero attached hydrogens (tertiary/aromatic N) is 1. The van der Waals surface area contributed by atoms with Gasteiger partial charge in [-0.25, -0.2) is 13.8 Å². The van der Waals surface area contributed by atoms with E-state index in [4.69, 9.17) is 9.47 Å². The van der Waals surface area contributed by atoms with Gasteiger partial charge in [0.2, 0.25) is 0 Å². The van der Waals surface area contributed by atoms with Crippen LogP contribution in [0.3, 0.4) is 0 Å². The Morgan fingerprint density at radius 2 is 1.85 bits per heavy atom. The van der Waals surface area contributed by atoms with E-state index in [0.717, 1.165) is 39.6 Å². The first-order valence-corrected chi connectivity index (χ1v) is 13.8. The highest BCUT2D eigenvalue weighted by atomic mass is 19.1. The summed E-state index contributed by atoms with van der Waals surface area (Å²) in [5.74, 6) is -0.358. The molecule has 0 bridgehead atoms. The Morgan fingerprint density at radius 3 is 2.66 bits per heavy atom. The molecule has 0 fully saturated rings. The van der Waals surface area contributed by atoms with Crippen LogP contribution in [0.25, 0.3) is 22.3 Å². The molecule has 214 valence electrons. The van der Waals surface area contributed by atoms with Crippen LogP contribution in [0, 0.1) is 18.6 Å². The maximum absolute atomic E-state index is 15.1. The molecule has 0 saturated heterocycles. The van der Waals surface area contributed by atoms with Gasteiger partial charge in [0.05, 0.1) is 36.8 Å². The van der Waals surface area contributed by atoms with Crippen LogP contribution < -0.4 is 0 Å². The zero-order chi connectivity index (χ0) is 28.9. The van der Waals surface area contributed by atoms with E-state index in [1.165, 1.54) is 12.1 Å². The Balaban J connectivity index is 1.44. The highest BCUT2D eigenvalue weighted by Gasteiger charge is 2.20. The number of ether oxygens (including phenoxy) is 2. The highest BCUT2D eigenvalue weighted by molar-refractivity contribution is 5.84. The fourth-order valence-electron chi connectivity index (χ4n) is 5.18. The van der Waals surface area contributed by atoms with Gasteiger partial charge in [-0.2, -0.15) is 0 Å². The lowest BCUT2D eigenvalue weighted by molar-refractivity contribution is 0.0339. The van der Waals surface area contributed by atoms with Crippen molar-refractivity contribution < 1.29 is 23.4 Å². The summed E-state index contributed by atoms with van der Waals surface area (Å²) in [6.07, 6.45) is 4.31. The van der Waals surface area contributed by atoms with Crippen LogP contribution in [0.5, 0.6) is 0 Å². The van der Waals surface area contributed by atoms with Crippen LogP contribution in [-0.2, 0) is 22.3 Å². The highest BCUT2D eigenvalue weighted by Crippen LogP contribution is 2.31. The number of aromatic amines is 2. The number of aliphatic hydroxyl groups excluding tert-OH is 1. The summed E-state index contributed by atoms with van der Waals surface area (Å²) in [5, 5.41) is 10.7. The number of fused-ring (bicyclic) bond motifs is 1. The molecule has 0 aliphatic carbocycles. The van der Waals surface area contributed by atoms with Crippen molar-refractivity contribution in [1.29, 1.82) is 0 Å². The Bertz CT molecular complexity index is 1630. The molecule has 8 heteroatoms. The molecule has 0 radical (unpaired) electrons. The van der Waals surface area contributed by atoms with Gasteiger partial charge >= 0.3 is 0 Å². The molecule has 2 unspecified atom stereocenters. The van der Waals surface area contributed by atoms with Crippen LogP contribution in [0.4, 0.5) is 8.78 Å². The van der Waals surface area contributed by atoms with Crippen molar-refractivity contribution in [2.24, 2.45) is 0 Å². The van der Waals surface area contributed by atoms with Crippen LogP contribution >= 0.6 is 0 Å². The second kappa shape index (κ2) is 12.8. The molecule has 3 aromatic carbocycles. The lowest BCUT2D eigenvalue weighted by Crippen LogP contribution is -2.11. The van der Waals surface area contributed by atoms with E-state index in [9.17, 15) is 9.50 Å². The van der Waals surface area contributed by atoms with Crippen molar-refractivity contribution >= 4 is 10.9 Å². The lowest BCUT2D eigenvalue weighted by Gasteiger charge is -2.18. The Morgan fingerprint density at radius 1 is 1.00 bits per heavy atom. The number of halogens is 2. The number of rotatable bonds is 12. The fraction of sp³-hybridized carbons (Fsp3) is 0.303. The third-order valence-corrected chi connectivity index (χ3v) is 7.42. The molecule has 0 aliphatic heterocycles. The zero-order valence-electron chi connectivity index (χ0n) is 23.5. The fourth-order valence-corrected chi connectivity index (χ4v) is 5.18. The van der Waals surface area contributed by atoms with Crippen molar-refractivity contribution in [3.63, 3.8) is 0 Å². The van der Waals surface area contributed by atoms with Crippen molar-refractivity contribution in [2.45, 2.75) is 45.3 Å². The van der Waals surface area contributed by atoms with Gasteiger partial charge in [0.15, 0.2) is 0 Å². The minimum absolute atomic E-state index is 0.296. The van der Waals surface area contributed by atoms with E-state index in [2.05, 4.69) is 21.0 Å². The lowest BCUT2D eigenvalue weighted by atomic mass is 9.96. The van der Waals surface area contributed by atoms with Crippen LogP contribution in [0.15, 0.2) is 67.0 Å². The number of nitrogens with one attached hydrogen (secondary N) is 2. The number of aryl methyl sites for hydroxylation is 2. The first-order chi connectivity index (χ1) is 19.8. The third kappa shape index (κ3) is 6.56. The minimum atomic E-state index is -0.478. The number of benzene rings is 3. The third-order valence-electron chi connectivity index (χ3n) is 7.42. The Labute approximate surface area is 238 Å².